The molecule has 0 saturated carbocycles. The van der Waals surface area contributed by atoms with Gasteiger partial charge in [0, 0.05) is 0 Å². The summed E-state index contributed by atoms with van der Waals surface area (Å²) in [4.78, 5) is 0. The Morgan fingerprint density at radius 3 is 2.74 bits per heavy atom. The van der Waals surface area contributed by atoms with Crippen LogP contribution in [0, 0.1) is 0 Å². The second-order valence-electron chi connectivity index (χ2n) is 5.31. The van der Waals surface area contributed by atoms with Crippen molar-refractivity contribution in [1.82, 2.24) is 0 Å². The molecule has 0 fully saturated rings. The highest BCUT2D eigenvalue weighted by Crippen LogP contribution is 2.39. The van der Waals surface area contributed by atoms with Gasteiger partial charge in [-0.05, 0) is 52.6 Å². The molecular weight excluding hydrogens is 228 g/mol. The van der Waals surface area contributed by atoms with Gasteiger partial charge in [-0.1, -0.05) is 62.4 Å². The molecule has 0 radical (unpaired) electrons. The van der Waals surface area contributed by atoms with Gasteiger partial charge < -0.3 is 0 Å². The minimum absolute atomic E-state index is 1.06. The molecule has 0 heteroatoms. The Kier molecular flexibility index (Phi) is 3.25. The highest BCUT2D eigenvalue weighted by molar-refractivity contribution is 5.81. The molecule has 0 saturated heterocycles. The maximum Gasteiger partial charge on any atom is -0.000741 e. The zero-order chi connectivity index (χ0) is 13.2. The number of unbranched alkanes of at least 4 members (excludes halogenated alkanes) is 1. The van der Waals surface area contributed by atoms with Gasteiger partial charge in [-0.25, -0.2) is 0 Å². The maximum atomic E-state index is 4.04. The molecule has 0 aromatic heterocycles. The van der Waals surface area contributed by atoms with Crippen molar-refractivity contribution in [2.24, 2.45) is 0 Å². The zero-order valence-electron chi connectivity index (χ0n) is 11.6. The van der Waals surface area contributed by atoms with Crippen LogP contribution >= 0.6 is 0 Å². The van der Waals surface area contributed by atoms with Crippen molar-refractivity contribution in [3.05, 3.63) is 65.2 Å². The topological polar surface area (TPSA) is 0 Å². The molecular formula is C19H20. The quantitative estimate of drug-likeness (QED) is 0.592. The Bertz CT molecular complexity index is 620. The van der Waals surface area contributed by atoms with E-state index in [4.69, 9.17) is 0 Å². The number of rotatable bonds is 4. The first-order valence-corrected chi connectivity index (χ1v) is 7.20. The van der Waals surface area contributed by atoms with Crippen LogP contribution in [0.2, 0.25) is 0 Å². The molecule has 0 N–H and O–H groups in total. The van der Waals surface area contributed by atoms with Gasteiger partial charge in [-0.2, -0.15) is 0 Å². The number of benzene rings is 2. The van der Waals surface area contributed by atoms with Crippen LogP contribution in [0.25, 0.3) is 17.2 Å². The summed E-state index contributed by atoms with van der Waals surface area (Å²) >= 11 is 0. The fourth-order valence-electron chi connectivity index (χ4n) is 3.12. The summed E-state index contributed by atoms with van der Waals surface area (Å²) < 4.78 is 0. The summed E-state index contributed by atoms with van der Waals surface area (Å²) in [5, 5.41) is 0. The molecule has 0 aliphatic heterocycles. The van der Waals surface area contributed by atoms with Crippen LogP contribution in [-0.4, -0.2) is 0 Å². The van der Waals surface area contributed by atoms with E-state index >= 15 is 0 Å². The molecule has 2 aromatic rings. The van der Waals surface area contributed by atoms with E-state index in [2.05, 4.69) is 56.0 Å². The van der Waals surface area contributed by atoms with Crippen LogP contribution in [0.15, 0.2) is 43.0 Å². The molecule has 1 aliphatic carbocycles. The van der Waals surface area contributed by atoms with Crippen LogP contribution in [0.5, 0.6) is 0 Å². The van der Waals surface area contributed by atoms with Crippen molar-refractivity contribution in [2.45, 2.75) is 32.6 Å². The minimum Gasteiger partial charge on any atom is -0.0984 e. The molecule has 19 heavy (non-hydrogen) atoms. The van der Waals surface area contributed by atoms with Gasteiger partial charge >= 0.3 is 0 Å². The van der Waals surface area contributed by atoms with Crippen LogP contribution in [-0.2, 0) is 12.8 Å². The summed E-state index contributed by atoms with van der Waals surface area (Å²) in [5.74, 6) is 0. The maximum absolute atomic E-state index is 4.04. The molecule has 0 spiro atoms. The fraction of sp³-hybridized carbons (Fsp3) is 0.263. The summed E-state index contributed by atoms with van der Waals surface area (Å²) in [6.45, 7) is 6.29. The average molecular weight is 248 g/mol. The first kappa shape index (κ1) is 12.2. The van der Waals surface area contributed by atoms with Gasteiger partial charge in [0.25, 0.3) is 0 Å². The predicted molar refractivity (Wildman–Crippen MR) is 83.4 cm³/mol. The second-order valence-corrected chi connectivity index (χ2v) is 5.31. The first-order valence-electron chi connectivity index (χ1n) is 7.20. The summed E-state index contributed by atoms with van der Waals surface area (Å²) in [6, 6.07) is 13.4. The number of fused-ring (bicyclic) bond motifs is 3. The Hall–Kier alpha value is -1.82. The largest absolute Gasteiger partial charge is 0.0984 e. The molecule has 0 bridgehead atoms. The van der Waals surface area contributed by atoms with E-state index in [1.54, 1.807) is 0 Å². The number of hydrogen-bond donors (Lipinski definition) is 0. The van der Waals surface area contributed by atoms with Crippen LogP contribution < -0.4 is 0 Å². The van der Waals surface area contributed by atoms with E-state index in [0.29, 0.717) is 0 Å². The smallest absolute Gasteiger partial charge is 0.000741 e. The van der Waals surface area contributed by atoms with E-state index in [1.165, 1.54) is 52.6 Å². The standard InChI is InChI=1S/C19H20/c1-3-5-8-14-11-12-18-17-10-7-6-9-15(17)13-19(18)16(14)4-2/h4,6-7,9-12H,2-3,5,8,13H2,1H3. The fourth-order valence-corrected chi connectivity index (χ4v) is 3.12. The van der Waals surface area contributed by atoms with Gasteiger partial charge in [0.1, 0.15) is 0 Å². The Labute approximate surface area is 115 Å². The molecule has 96 valence electrons. The lowest BCUT2D eigenvalue weighted by molar-refractivity contribution is 0.793. The molecule has 0 amide bonds. The zero-order valence-corrected chi connectivity index (χ0v) is 11.6. The molecule has 1 aliphatic rings. The van der Waals surface area contributed by atoms with Crippen molar-refractivity contribution in [3.8, 4) is 11.1 Å². The predicted octanol–water partition coefficient (Wildman–Crippen LogP) is 5.24. The molecule has 2 aromatic carbocycles. The van der Waals surface area contributed by atoms with Gasteiger partial charge in [0.15, 0.2) is 0 Å². The highest BCUT2D eigenvalue weighted by atomic mass is 14.2. The van der Waals surface area contributed by atoms with Crippen molar-refractivity contribution in [1.29, 1.82) is 0 Å². The van der Waals surface area contributed by atoms with E-state index < -0.39 is 0 Å². The van der Waals surface area contributed by atoms with E-state index in [-0.39, 0.29) is 0 Å². The van der Waals surface area contributed by atoms with Crippen molar-refractivity contribution in [3.63, 3.8) is 0 Å². The van der Waals surface area contributed by atoms with Gasteiger partial charge in [-0.15, -0.1) is 0 Å². The molecule has 0 atom stereocenters. The second kappa shape index (κ2) is 5.05. The van der Waals surface area contributed by atoms with Gasteiger partial charge in [0.2, 0.25) is 0 Å². The third kappa shape index (κ3) is 2.02. The molecule has 0 nitrogen and oxygen atoms in total. The first-order chi connectivity index (χ1) is 9.35. The van der Waals surface area contributed by atoms with Crippen molar-refractivity contribution in [2.75, 3.05) is 0 Å². The van der Waals surface area contributed by atoms with Crippen LogP contribution in [0.3, 0.4) is 0 Å². The van der Waals surface area contributed by atoms with Crippen LogP contribution in [0.1, 0.15) is 42.0 Å². The normalized spacial score (nSPS) is 12.1. The Balaban J connectivity index is 2.09. The monoisotopic (exact) mass is 248 g/mol. The Morgan fingerprint density at radius 2 is 1.95 bits per heavy atom. The lowest BCUT2D eigenvalue weighted by Crippen LogP contribution is -1.95. The molecule has 0 heterocycles. The molecule has 3 rings (SSSR count). The minimum atomic E-state index is 1.06. The van der Waals surface area contributed by atoms with Gasteiger partial charge in [0.05, 0.1) is 0 Å². The van der Waals surface area contributed by atoms with Crippen molar-refractivity contribution < 1.29 is 0 Å². The molecule has 0 unspecified atom stereocenters. The lowest BCUT2D eigenvalue weighted by Gasteiger charge is -2.11. The lowest BCUT2D eigenvalue weighted by atomic mass is 9.93. The van der Waals surface area contributed by atoms with E-state index in [1.807, 2.05) is 0 Å². The highest BCUT2D eigenvalue weighted by Gasteiger charge is 2.21. The third-order valence-electron chi connectivity index (χ3n) is 4.13. The van der Waals surface area contributed by atoms with Crippen molar-refractivity contribution >= 4 is 6.08 Å². The number of hydrogen-bond acceptors (Lipinski definition) is 0. The van der Waals surface area contributed by atoms with Gasteiger partial charge in [-0.3, -0.25) is 0 Å². The van der Waals surface area contributed by atoms with Crippen LogP contribution in [0.4, 0.5) is 0 Å². The van der Waals surface area contributed by atoms with E-state index in [9.17, 15) is 0 Å². The van der Waals surface area contributed by atoms with E-state index in [0.717, 1.165) is 6.42 Å². The summed E-state index contributed by atoms with van der Waals surface area (Å²) in [5.41, 5.74) is 8.58. The average Bonchev–Trinajstić information content (AvgIpc) is 2.83. The number of aryl methyl sites for hydroxylation is 1. The summed E-state index contributed by atoms with van der Waals surface area (Å²) in [6.07, 6.45) is 6.78. The summed E-state index contributed by atoms with van der Waals surface area (Å²) in [7, 11) is 0. The Morgan fingerprint density at radius 1 is 1.11 bits per heavy atom. The third-order valence-corrected chi connectivity index (χ3v) is 4.13. The SMILES string of the molecule is C=Cc1c(CCCC)ccc2c1Cc1ccccc1-2.